The third-order valence-electron chi connectivity index (χ3n) is 9.24. The van der Waals surface area contributed by atoms with Crippen molar-refractivity contribution in [1.29, 1.82) is 0 Å². The number of amides is 1. The van der Waals surface area contributed by atoms with Gasteiger partial charge >= 0.3 is 7.82 Å². The number of carbonyl (C=O) groups is 1. The molecule has 0 spiro atoms. The van der Waals surface area contributed by atoms with Gasteiger partial charge in [-0.1, -0.05) is 140 Å². The van der Waals surface area contributed by atoms with Gasteiger partial charge in [0.25, 0.3) is 0 Å². The van der Waals surface area contributed by atoms with Crippen LogP contribution in [0.2, 0.25) is 0 Å². The molecule has 0 aliphatic rings. The summed E-state index contributed by atoms with van der Waals surface area (Å²) in [6.07, 6.45) is 34.8. The summed E-state index contributed by atoms with van der Waals surface area (Å²) < 4.78 is 23.4. The highest BCUT2D eigenvalue weighted by molar-refractivity contribution is 7.47. The molecule has 54 heavy (non-hydrogen) atoms. The van der Waals surface area contributed by atoms with Crippen LogP contribution >= 0.6 is 7.82 Å². The van der Waals surface area contributed by atoms with Crippen molar-refractivity contribution in [2.45, 2.75) is 179 Å². The molecule has 0 aromatic rings. The molecule has 5 N–H and O–H groups in total. The Balaban J connectivity index is 4.75. The van der Waals surface area contributed by atoms with E-state index in [0.29, 0.717) is 23.9 Å². The number of nitrogens with one attached hydrogen (secondary N) is 1. The summed E-state index contributed by atoms with van der Waals surface area (Å²) in [6.45, 7) is 4.52. The van der Waals surface area contributed by atoms with E-state index >= 15 is 0 Å². The van der Waals surface area contributed by atoms with Gasteiger partial charge in [-0.2, -0.15) is 0 Å². The fourth-order valence-corrected chi connectivity index (χ4v) is 6.41. The zero-order chi connectivity index (χ0) is 40.3. The predicted octanol–water partition coefficient (Wildman–Crippen LogP) is 9.24. The Hall–Kier alpha value is -1.62. The van der Waals surface area contributed by atoms with Gasteiger partial charge in [-0.05, 0) is 57.8 Å². The van der Waals surface area contributed by atoms with Gasteiger partial charge in [0.1, 0.15) is 13.2 Å². The summed E-state index contributed by atoms with van der Waals surface area (Å²) >= 11 is 0. The van der Waals surface area contributed by atoms with Crippen LogP contribution in [-0.2, 0) is 18.4 Å². The van der Waals surface area contributed by atoms with Crippen molar-refractivity contribution in [3.8, 4) is 0 Å². The van der Waals surface area contributed by atoms with Crippen molar-refractivity contribution < 1.29 is 43.1 Å². The molecule has 0 fully saturated rings. The topological polar surface area (TPSA) is 146 Å². The van der Waals surface area contributed by atoms with Crippen LogP contribution in [0.25, 0.3) is 0 Å². The Morgan fingerprint density at radius 3 is 1.81 bits per heavy atom. The number of quaternary nitrogens is 1. The smallest absolute Gasteiger partial charge is 0.390 e. The average Bonchev–Trinajstić information content (AvgIpc) is 3.11. The molecule has 0 aliphatic carbocycles. The molecule has 11 heteroatoms. The number of aliphatic hydroxyl groups excluding tert-OH is 3. The van der Waals surface area contributed by atoms with Gasteiger partial charge < -0.3 is 30.0 Å². The van der Waals surface area contributed by atoms with E-state index in [1.54, 1.807) is 6.08 Å². The first-order chi connectivity index (χ1) is 25.8. The molecule has 0 heterocycles. The molecule has 0 saturated heterocycles. The van der Waals surface area contributed by atoms with Crippen LogP contribution in [0.15, 0.2) is 48.6 Å². The van der Waals surface area contributed by atoms with Crippen LogP contribution in [0, 0.1) is 0 Å². The lowest BCUT2D eigenvalue weighted by molar-refractivity contribution is -0.870. The number of rotatable bonds is 37. The summed E-state index contributed by atoms with van der Waals surface area (Å²) in [4.78, 5) is 23.1. The standard InChI is InChI=1S/C43H81N2O8P/c1-6-8-10-12-14-16-18-20-22-23-25-27-29-32-40(46)39(38-53-54(50,51)52-37-36-45(3,4)5)44-43(49)35-31-34-42(48)41(47)33-30-28-26-24-21-19-17-15-13-11-9-7-2/h15,17,21,24,28-30,32,39-42,46-48H,6-14,16,18-20,22-23,25-27,31,33-38H2,1-5H3,(H-,44,49,50,51)/p+1/b17-15-,24-21-,30-28-,32-29+/t39-,40+,41?,42?/m0/s1. The summed E-state index contributed by atoms with van der Waals surface area (Å²) in [5, 5.41) is 34.5. The number of unbranched alkanes of at least 4 members (excludes halogenated alkanes) is 14. The molecular formula is C43H82N2O8P+. The third kappa shape index (κ3) is 34.8. The summed E-state index contributed by atoms with van der Waals surface area (Å²) in [5.41, 5.74) is 0. The van der Waals surface area contributed by atoms with E-state index in [1.807, 2.05) is 39.4 Å². The van der Waals surface area contributed by atoms with Crippen LogP contribution in [-0.4, -0.2) is 95.9 Å². The normalized spacial score (nSPS) is 16.1. The van der Waals surface area contributed by atoms with E-state index in [2.05, 4.69) is 43.5 Å². The molecule has 0 saturated carbocycles. The molecule has 316 valence electrons. The number of likely N-dealkylation sites (N-methyl/N-ethyl adjacent to an activating group) is 1. The van der Waals surface area contributed by atoms with Gasteiger partial charge in [-0.3, -0.25) is 13.8 Å². The minimum absolute atomic E-state index is 0.00780. The highest BCUT2D eigenvalue weighted by Gasteiger charge is 2.28. The molecular weight excluding hydrogens is 703 g/mol. The van der Waals surface area contributed by atoms with Crippen LogP contribution in [0.4, 0.5) is 0 Å². The first kappa shape index (κ1) is 52.4. The SMILES string of the molecule is CCCCC/C=C\C/C=C\C/C=C\CC(O)C(O)CCCC(=O)N[C@@H](COP(=O)(O)OCC[N+](C)(C)C)[C@H](O)/C=C/CCCCCCCCCCCCC. The van der Waals surface area contributed by atoms with E-state index < -0.39 is 44.7 Å². The monoisotopic (exact) mass is 786 g/mol. The number of hydrogen-bond donors (Lipinski definition) is 5. The fourth-order valence-electron chi connectivity index (χ4n) is 5.67. The lowest BCUT2D eigenvalue weighted by Crippen LogP contribution is -2.45. The zero-order valence-electron chi connectivity index (χ0n) is 34.9. The van der Waals surface area contributed by atoms with Gasteiger partial charge in [-0.25, -0.2) is 4.57 Å². The second kappa shape index (κ2) is 34.6. The van der Waals surface area contributed by atoms with Crippen molar-refractivity contribution in [2.24, 2.45) is 0 Å². The molecule has 0 aliphatic heterocycles. The third-order valence-corrected chi connectivity index (χ3v) is 10.2. The molecule has 0 aromatic heterocycles. The van der Waals surface area contributed by atoms with Gasteiger partial charge in [0.15, 0.2) is 0 Å². The second-order valence-electron chi connectivity index (χ2n) is 15.7. The number of nitrogens with zero attached hydrogens (tertiary/aromatic N) is 1. The van der Waals surface area contributed by atoms with Gasteiger partial charge in [0.2, 0.25) is 5.91 Å². The lowest BCUT2D eigenvalue weighted by Gasteiger charge is -2.25. The van der Waals surface area contributed by atoms with Gasteiger partial charge in [-0.15, -0.1) is 0 Å². The van der Waals surface area contributed by atoms with E-state index in [9.17, 15) is 29.6 Å². The molecule has 0 bridgehead atoms. The van der Waals surface area contributed by atoms with Gasteiger partial charge in [0, 0.05) is 6.42 Å². The number of allylic oxidation sites excluding steroid dienone is 6. The van der Waals surface area contributed by atoms with E-state index in [4.69, 9.17) is 9.05 Å². The first-order valence-electron chi connectivity index (χ1n) is 21.2. The Morgan fingerprint density at radius 2 is 1.20 bits per heavy atom. The maximum Gasteiger partial charge on any atom is 0.472 e. The van der Waals surface area contributed by atoms with E-state index in [-0.39, 0.29) is 19.4 Å². The van der Waals surface area contributed by atoms with E-state index in [1.165, 1.54) is 77.0 Å². The van der Waals surface area contributed by atoms with E-state index in [0.717, 1.165) is 38.5 Å². The lowest BCUT2D eigenvalue weighted by atomic mass is 10.0. The summed E-state index contributed by atoms with van der Waals surface area (Å²) in [5.74, 6) is -0.399. The Kier molecular flexibility index (Phi) is 33.6. The molecule has 5 atom stereocenters. The largest absolute Gasteiger partial charge is 0.472 e. The highest BCUT2D eigenvalue weighted by atomic mass is 31.2. The van der Waals surface area contributed by atoms with Crippen LogP contribution < -0.4 is 5.32 Å². The zero-order valence-corrected chi connectivity index (χ0v) is 35.8. The molecule has 0 aromatic carbocycles. The molecule has 3 unspecified atom stereocenters. The van der Waals surface area contributed by atoms with Crippen LogP contribution in [0.1, 0.15) is 155 Å². The highest BCUT2D eigenvalue weighted by Crippen LogP contribution is 2.43. The van der Waals surface area contributed by atoms with Crippen LogP contribution in [0.3, 0.4) is 0 Å². The van der Waals surface area contributed by atoms with Crippen molar-refractivity contribution >= 4 is 13.7 Å². The summed E-state index contributed by atoms with van der Waals surface area (Å²) in [6, 6.07) is -0.981. The second-order valence-corrected chi connectivity index (χ2v) is 17.1. The van der Waals surface area contributed by atoms with Crippen molar-refractivity contribution in [1.82, 2.24) is 5.32 Å². The first-order valence-corrected chi connectivity index (χ1v) is 22.7. The maximum atomic E-state index is 12.9. The number of phosphoric ester groups is 1. The Bertz CT molecular complexity index is 1060. The Labute approximate surface area is 330 Å². The van der Waals surface area contributed by atoms with Crippen molar-refractivity contribution in [3.05, 3.63) is 48.6 Å². The molecule has 1 amide bonds. The van der Waals surface area contributed by atoms with Crippen molar-refractivity contribution in [3.63, 3.8) is 0 Å². The van der Waals surface area contributed by atoms with Gasteiger partial charge in [0.05, 0.1) is 52.1 Å². The number of phosphoric acid groups is 1. The number of hydrogen-bond acceptors (Lipinski definition) is 7. The minimum Gasteiger partial charge on any atom is -0.390 e. The predicted molar refractivity (Wildman–Crippen MR) is 224 cm³/mol. The quantitative estimate of drug-likeness (QED) is 0.0182. The minimum atomic E-state index is -4.42. The molecule has 0 radical (unpaired) electrons. The fraction of sp³-hybridized carbons (Fsp3) is 0.791. The maximum absolute atomic E-state index is 12.9. The average molecular weight is 786 g/mol. The molecule has 0 rings (SSSR count). The van der Waals surface area contributed by atoms with Crippen LogP contribution in [0.5, 0.6) is 0 Å². The number of aliphatic hydroxyl groups is 3. The Morgan fingerprint density at radius 1 is 0.685 bits per heavy atom. The van der Waals surface area contributed by atoms with Crippen molar-refractivity contribution in [2.75, 3.05) is 40.9 Å². The summed E-state index contributed by atoms with van der Waals surface area (Å²) in [7, 11) is 1.39. The molecule has 10 nitrogen and oxygen atoms in total. The number of carbonyl (C=O) groups excluding carboxylic acids is 1.